The third-order valence-electron chi connectivity index (χ3n) is 4.51. The summed E-state index contributed by atoms with van der Waals surface area (Å²) in [4.78, 5) is 34.3. The van der Waals surface area contributed by atoms with Crippen molar-refractivity contribution in [3.8, 4) is 0 Å². The van der Waals surface area contributed by atoms with Crippen molar-refractivity contribution in [3.05, 3.63) is 89.0 Å². The van der Waals surface area contributed by atoms with E-state index in [1.54, 1.807) is 6.92 Å². The molecule has 0 aliphatic rings. The predicted octanol–water partition coefficient (Wildman–Crippen LogP) is 3.44. The van der Waals surface area contributed by atoms with Gasteiger partial charge in [0.25, 0.3) is 15.9 Å². The summed E-state index contributed by atoms with van der Waals surface area (Å²) in [5.41, 5.74) is 1.08. The molecule has 0 bridgehead atoms. The summed E-state index contributed by atoms with van der Waals surface area (Å²) in [5.74, 6) is -2.80. The van der Waals surface area contributed by atoms with Gasteiger partial charge in [-0.2, -0.15) is 0 Å². The van der Waals surface area contributed by atoms with Gasteiger partial charge in [0.2, 0.25) is 0 Å². The van der Waals surface area contributed by atoms with Gasteiger partial charge in [-0.3, -0.25) is 9.52 Å². The second kappa shape index (κ2) is 8.90. The lowest BCUT2D eigenvalue weighted by molar-refractivity contribution is 0.0686. The van der Waals surface area contributed by atoms with Gasteiger partial charge in [0.05, 0.1) is 16.0 Å². The zero-order valence-corrected chi connectivity index (χ0v) is 17.5. The summed E-state index contributed by atoms with van der Waals surface area (Å²) in [6.45, 7) is 1.58. The summed E-state index contributed by atoms with van der Waals surface area (Å²) in [5, 5.41) is 20.5. The number of aryl methyl sites for hydroxylation is 1. The Morgan fingerprint density at radius 2 is 1.19 bits per heavy atom. The van der Waals surface area contributed by atoms with Crippen LogP contribution in [0.4, 0.5) is 11.4 Å². The van der Waals surface area contributed by atoms with E-state index in [-0.39, 0.29) is 27.3 Å². The van der Waals surface area contributed by atoms with Crippen molar-refractivity contribution in [2.45, 2.75) is 11.8 Å². The lowest BCUT2D eigenvalue weighted by Gasteiger charge is -2.12. The van der Waals surface area contributed by atoms with Crippen molar-refractivity contribution in [3.63, 3.8) is 0 Å². The van der Waals surface area contributed by atoms with E-state index < -0.39 is 27.9 Å². The van der Waals surface area contributed by atoms with Crippen LogP contribution < -0.4 is 10.0 Å². The molecule has 0 saturated carbocycles. The van der Waals surface area contributed by atoms with Crippen LogP contribution in [0.1, 0.15) is 36.6 Å². The first-order valence-corrected chi connectivity index (χ1v) is 10.7. The molecule has 9 nitrogen and oxygen atoms in total. The quantitative estimate of drug-likeness (QED) is 0.427. The fourth-order valence-corrected chi connectivity index (χ4v) is 4.15. The molecule has 0 fully saturated rings. The smallest absolute Gasteiger partial charge is 0.335 e. The summed E-state index contributed by atoms with van der Waals surface area (Å²) in [7, 11) is -4.06. The van der Waals surface area contributed by atoms with Gasteiger partial charge < -0.3 is 15.5 Å². The van der Waals surface area contributed by atoms with Crippen molar-refractivity contribution in [2.24, 2.45) is 0 Å². The zero-order chi connectivity index (χ0) is 23.5. The van der Waals surface area contributed by atoms with E-state index in [4.69, 9.17) is 10.2 Å². The van der Waals surface area contributed by atoms with Crippen molar-refractivity contribution in [1.29, 1.82) is 0 Å². The van der Waals surface area contributed by atoms with Crippen LogP contribution in [0.25, 0.3) is 0 Å². The highest BCUT2D eigenvalue weighted by Gasteiger charge is 2.20. The molecule has 32 heavy (non-hydrogen) atoms. The molecule has 0 spiro atoms. The molecule has 3 aromatic carbocycles. The summed E-state index contributed by atoms with van der Waals surface area (Å²) < 4.78 is 28.1. The first-order chi connectivity index (χ1) is 15.1. The first-order valence-electron chi connectivity index (χ1n) is 9.18. The molecule has 4 N–H and O–H groups in total. The van der Waals surface area contributed by atoms with Gasteiger partial charge in [0.15, 0.2) is 0 Å². The number of nitrogens with one attached hydrogen (secondary N) is 2. The van der Waals surface area contributed by atoms with Crippen molar-refractivity contribution >= 4 is 39.2 Å². The fraction of sp³-hybridized carbons (Fsp3) is 0.0455. The van der Waals surface area contributed by atoms with Crippen molar-refractivity contribution in [2.75, 3.05) is 10.0 Å². The van der Waals surface area contributed by atoms with Crippen LogP contribution in [0.5, 0.6) is 0 Å². The number of hydrogen-bond donors (Lipinski definition) is 4. The Labute approximate surface area is 183 Å². The fourth-order valence-electron chi connectivity index (χ4n) is 2.82. The van der Waals surface area contributed by atoms with Gasteiger partial charge in [-0.05, 0) is 73.2 Å². The van der Waals surface area contributed by atoms with Gasteiger partial charge in [-0.25, -0.2) is 18.0 Å². The number of aromatic carboxylic acids is 2. The average Bonchev–Trinajstić information content (AvgIpc) is 2.74. The van der Waals surface area contributed by atoms with E-state index >= 15 is 0 Å². The standard InChI is InChI=1S/C22H18N2O7S/c1-13-2-3-16(20(25)23-17-8-4-14(5-9-17)21(26)27)12-19(13)32(30,31)24-18-10-6-15(7-11-18)22(28)29/h2-12,24H,1H3,(H,23,25)(H,26,27)(H,28,29). The Morgan fingerprint density at radius 3 is 1.69 bits per heavy atom. The van der Waals surface area contributed by atoms with E-state index in [9.17, 15) is 22.8 Å². The van der Waals surface area contributed by atoms with Gasteiger partial charge in [0.1, 0.15) is 0 Å². The maximum absolute atomic E-state index is 12.9. The molecular weight excluding hydrogens is 436 g/mol. The molecule has 0 atom stereocenters. The van der Waals surface area contributed by atoms with Gasteiger partial charge >= 0.3 is 11.9 Å². The Balaban J connectivity index is 1.82. The summed E-state index contributed by atoms with van der Waals surface area (Å²) in [6, 6.07) is 14.9. The molecule has 0 radical (unpaired) electrons. The Bertz CT molecular complexity index is 1300. The second-order valence-electron chi connectivity index (χ2n) is 6.80. The predicted molar refractivity (Wildman–Crippen MR) is 117 cm³/mol. The first kappa shape index (κ1) is 22.5. The number of hydrogen-bond acceptors (Lipinski definition) is 5. The number of benzene rings is 3. The molecule has 0 aromatic heterocycles. The molecule has 0 saturated heterocycles. The molecule has 10 heteroatoms. The van der Waals surface area contributed by atoms with Gasteiger partial charge in [-0.1, -0.05) is 6.07 Å². The summed E-state index contributed by atoms with van der Waals surface area (Å²) >= 11 is 0. The van der Waals surface area contributed by atoms with E-state index in [1.165, 1.54) is 66.7 Å². The van der Waals surface area contributed by atoms with Crippen LogP contribution in [0.2, 0.25) is 0 Å². The molecule has 0 aliphatic heterocycles. The SMILES string of the molecule is Cc1ccc(C(=O)Nc2ccc(C(=O)O)cc2)cc1S(=O)(=O)Nc1ccc(C(=O)O)cc1. The largest absolute Gasteiger partial charge is 0.478 e. The van der Waals surface area contributed by atoms with Crippen LogP contribution >= 0.6 is 0 Å². The van der Waals surface area contributed by atoms with E-state index in [0.29, 0.717) is 11.3 Å². The number of rotatable bonds is 7. The van der Waals surface area contributed by atoms with E-state index in [2.05, 4.69) is 10.0 Å². The zero-order valence-electron chi connectivity index (χ0n) is 16.7. The minimum Gasteiger partial charge on any atom is -0.478 e. The van der Waals surface area contributed by atoms with Crippen LogP contribution in [0.15, 0.2) is 71.6 Å². The number of sulfonamides is 1. The highest BCUT2D eigenvalue weighted by Crippen LogP contribution is 2.22. The third-order valence-corrected chi connectivity index (χ3v) is 6.04. The van der Waals surface area contributed by atoms with Crippen LogP contribution in [0, 0.1) is 6.92 Å². The number of carboxylic acids is 2. The molecule has 3 aromatic rings. The van der Waals surface area contributed by atoms with Crippen molar-refractivity contribution in [1.82, 2.24) is 0 Å². The molecular formula is C22H18N2O7S. The van der Waals surface area contributed by atoms with E-state index in [0.717, 1.165) is 0 Å². The topological polar surface area (TPSA) is 150 Å². The Kier molecular flexibility index (Phi) is 6.26. The monoisotopic (exact) mass is 454 g/mol. The Hall–Kier alpha value is -4.18. The number of carbonyl (C=O) groups is 3. The van der Waals surface area contributed by atoms with Gasteiger partial charge in [0, 0.05) is 16.9 Å². The van der Waals surface area contributed by atoms with Crippen LogP contribution in [-0.4, -0.2) is 36.5 Å². The van der Waals surface area contributed by atoms with Crippen molar-refractivity contribution < 1.29 is 33.0 Å². The lowest BCUT2D eigenvalue weighted by atomic mass is 10.1. The lowest BCUT2D eigenvalue weighted by Crippen LogP contribution is -2.17. The minimum atomic E-state index is -4.06. The third kappa shape index (κ3) is 5.10. The molecule has 3 rings (SSSR count). The minimum absolute atomic E-state index is 0.0131. The van der Waals surface area contributed by atoms with Crippen LogP contribution in [0.3, 0.4) is 0 Å². The van der Waals surface area contributed by atoms with E-state index in [1.807, 2.05) is 0 Å². The number of amides is 1. The average molecular weight is 454 g/mol. The number of anilines is 2. The maximum Gasteiger partial charge on any atom is 0.335 e. The molecule has 1 amide bonds. The molecule has 0 aliphatic carbocycles. The second-order valence-corrected chi connectivity index (χ2v) is 8.46. The number of carboxylic acid groups (broad SMARTS) is 2. The maximum atomic E-state index is 12.9. The Morgan fingerprint density at radius 1 is 0.719 bits per heavy atom. The summed E-state index contributed by atoms with van der Waals surface area (Å²) in [6.07, 6.45) is 0. The normalized spacial score (nSPS) is 10.9. The molecule has 0 heterocycles. The number of carbonyl (C=O) groups excluding carboxylic acids is 1. The van der Waals surface area contributed by atoms with Gasteiger partial charge in [-0.15, -0.1) is 0 Å². The van der Waals surface area contributed by atoms with Crippen LogP contribution in [-0.2, 0) is 10.0 Å². The molecule has 0 unspecified atom stereocenters. The highest BCUT2D eigenvalue weighted by atomic mass is 32.2. The molecule has 164 valence electrons. The highest BCUT2D eigenvalue weighted by molar-refractivity contribution is 7.92.